The van der Waals surface area contributed by atoms with E-state index in [1.165, 1.54) is 20.9 Å². The Morgan fingerprint density at radius 2 is 1.72 bits per heavy atom. The molecule has 0 radical (unpaired) electrons. The normalized spacial score (nSPS) is 12.3. The van der Waals surface area contributed by atoms with Gasteiger partial charge in [0.15, 0.2) is 5.82 Å². The first kappa shape index (κ1) is 18.8. The molecule has 0 aliphatic carbocycles. The van der Waals surface area contributed by atoms with Crippen molar-refractivity contribution < 1.29 is 9.69 Å². The van der Waals surface area contributed by atoms with E-state index < -0.39 is 5.91 Å². The van der Waals surface area contributed by atoms with E-state index in [-0.39, 0.29) is 12.1 Å². The van der Waals surface area contributed by atoms with Crippen LogP contribution in [0.5, 0.6) is 0 Å². The SMILES string of the molecule is C[NH+](Cc1ccc2ccccc2c1)Cc1nc2ccccc2c(=O)n1CC(N)=O. The summed E-state index contributed by atoms with van der Waals surface area (Å²) in [4.78, 5) is 30.2. The summed E-state index contributed by atoms with van der Waals surface area (Å²) in [5.74, 6) is 0.00315. The van der Waals surface area contributed by atoms with Gasteiger partial charge in [0.25, 0.3) is 5.56 Å². The Balaban J connectivity index is 1.64. The molecule has 6 nitrogen and oxygen atoms in total. The predicted molar refractivity (Wildman–Crippen MR) is 113 cm³/mol. The molecule has 0 saturated heterocycles. The van der Waals surface area contributed by atoms with Gasteiger partial charge in [0.2, 0.25) is 5.91 Å². The molecule has 4 rings (SSSR count). The number of hydrogen-bond donors (Lipinski definition) is 2. The van der Waals surface area contributed by atoms with E-state index >= 15 is 0 Å². The Kier molecular flexibility index (Phi) is 5.10. The number of nitrogens with zero attached hydrogens (tertiary/aromatic N) is 2. The lowest BCUT2D eigenvalue weighted by molar-refractivity contribution is -0.908. The highest BCUT2D eigenvalue weighted by atomic mass is 16.2. The molecule has 1 aromatic heterocycles. The zero-order valence-electron chi connectivity index (χ0n) is 16.3. The molecule has 29 heavy (non-hydrogen) atoms. The van der Waals surface area contributed by atoms with Crippen molar-refractivity contribution in [3.8, 4) is 0 Å². The molecule has 3 aromatic carbocycles. The third-order valence-corrected chi connectivity index (χ3v) is 5.03. The van der Waals surface area contributed by atoms with Crippen molar-refractivity contribution in [3.05, 3.63) is 88.5 Å². The predicted octanol–water partition coefficient (Wildman–Crippen LogP) is 1.25. The lowest BCUT2D eigenvalue weighted by Crippen LogP contribution is -3.06. The third kappa shape index (κ3) is 4.02. The molecular weight excluding hydrogens is 364 g/mol. The first-order chi connectivity index (χ1) is 14.0. The van der Waals surface area contributed by atoms with Gasteiger partial charge in [-0.3, -0.25) is 14.2 Å². The average molecular weight is 387 g/mol. The Morgan fingerprint density at radius 3 is 2.52 bits per heavy atom. The molecule has 0 bridgehead atoms. The number of nitrogens with one attached hydrogen (secondary N) is 1. The van der Waals surface area contributed by atoms with Crippen LogP contribution >= 0.6 is 0 Å². The van der Waals surface area contributed by atoms with Crippen molar-refractivity contribution in [2.24, 2.45) is 5.73 Å². The summed E-state index contributed by atoms with van der Waals surface area (Å²) >= 11 is 0. The molecule has 0 saturated carbocycles. The smallest absolute Gasteiger partial charge is 0.262 e. The minimum Gasteiger partial charge on any atom is -0.368 e. The zero-order valence-corrected chi connectivity index (χ0v) is 16.3. The van der Waals surface area contributed by atoms with Crippen LogP contribution in [0.2, 0.25) is 0 Å². The summed E-state index contributed by atoms with van der Waals surface area (Å²) < 4.78 is 1.40. The highest BCUT2D eigenvalue weighted by Crippen LogP contribution is 2.15. The fourth-order valence-corrected chi connectivity index (χ4v) is 3.70. The van der Waals surface area contributed by atoms with Crippen molar-refractivity contribution in [1.82, 2.24) is 9.55 Å². The lowest BCUT2D eigenvalue weighted by Gasteiger charge is -2.17. The number of rotatable bonds is 6. The molecule has 6 heteroatoms. The van der Waals surface area contributed by atoms with Crippen molar-refractivity contribution >= 4 is 27.6 Å². The zero-order chi connectivity index (χ0) is 20.4. The second-order valence-electron chi connectivity index (χ2n) is 7.39. The van der Waals surface area contributed by atoms with Crippen molar-refractivity contribution in [2.45, 2.75) is 19.6 Å². The Labute approximate surface area is 168 Å². The molecule has 0 fully saturated rings. The fraction of sp³-hybridized carbons (Fsp3) is 0.174. The van der Waals surface area contributed by atoms with E-state index in [9.17, 15) is 9.59 Å². The summed E-state index contributed by atoms with van der Waals surface area (Å²) in [5.41, 5.74) is 6.98. The van der Waals surface area contributed by atoms with Gasteiger partial charge in [-0.2, -0.15) is 0 Å². The maximum atomic E-state index is 12.9. The lowest BCUT2D eigenvalue weighted by atomic mass is 10.1. The number of amides is 1. The molecule has 0 aliphatic rings. The highest BCUT2D eigenvalue weighted by molar-refractivity contribution is 5.83. The summed E-state index contributed by atoms with van der Waals surface area (Å²) in [6, 6.07) is 21.9. The van der Waals surface area contributed by atoms with E-state index in [1.807, 2.05) is 31.3 Å². The van der Waals surface area contributed by atoms with Crippen LogP contribution < -0.4 is 16.2 Å². The standard InChI is InChI=1S/C23H22N4O2/c1-26(13-16-10-11-17-6-2-3-7-18(17)12-16)15-22-25-20-9-5-4-8-19(20)23(29)27(22)14-21(24)28/h2-12H,13-15H2,1H3,(H2,24,28)/p+1. The van der Waals surface area contributed by atoms with Gasteiger partial charge < -0.3 is 10.6 Å². The first-order valence-electron chi connectivity index (χ1n) is 9.57. The van der Waals surface area contributed by atoms with Gasteiger partial charge in [-0.15, -0.1) is 0 Å². The van der Waals surface area contributed by atoms with Crippen LogP contribution in [0.3, 0.4) is 0 Å². The summed E-state index contributed by atoms with van der Waals surface area (Å²) in [5, 5.41) is 2.90. The van der Waals surface area contributed by atoms with Gasteiger partial charge in [0, 0.05) is 5.56 Å². The van der Waals surface area contributed by atoms with Crippen LogP contribution in [0, 0.1) is 0 Å². The average Bonchev–Trinajstić information content (AvgIpc) is 2.70. The first-order valence-corrected chi connectivity index (χ1v) is 9.57. The minimum atomic E-state index is -0.558. The van der Waals surface area contributed by atoms with E-state index in [1.54, 1.807) is 12.1 Å². The molecule has 0 spiro atoms. The minimum absolute atomic E-state index is 0.171. The number of carbonyl (C=O) groups is 1. The third-order valence-electron chi connectivity index (χ3n) is 5.03. The van der Waals surface area contributed by atoms with Gasteiger partial charge in [-0.25, -0.2) is 4.98 Å². The number of fused-ring (bicyclic) bond motifs is 2. The van der Waals surface area contributed by atoms with Crippen LogP contribution in [0.15, 0.2) is 71.5 Å². The van der Waals surface area contributed by atoms with Gasteiger partial charge in [-0.1, -0.05) is 48.5 Å². The maximum Gasteiger partial charge on any atom is 0.262 e. The summed E-state index contributed by atoms with van der Waals surface area (Å²) in [6.45, 7) is 1.10. The molecule has 1 amide bonds. The molecule has 1 heterocycles. The maximum absolute atomic E-state index is 12.9. The Morgan fingerprint density at radius 1 is 1.00 bits per heavy atom. The summed E-state index contributed by atoms with van der Waals surface area (Å²) in [6.07, 6.45) is 0. The van der Waals surface area contributed by atoms with E-state index in [2.05, 4.69) is 35.3 Å². The van der Waals surface area contributed by atoms with E-state index in [0.29, 0.717) is 23.3 Å². The van der Waals surface area contributed by atoms with Crippen LogP contribution in [0.1, 0.15) is 11.4 Å². The molecule has 146 valence electrons. The van der Waals surface area contributed by atoms with Crippen molar-refractivity contribution in [3.63, 3.8) is 0 Å². The number of para-hydroxylation sites is 1. The van der Waals surface area contributed by atoms with Crippen LogP contribution in [0.25, 0.3) is 21.7 Å². The topological polar surface area (TPSA) is 82.4 Å². The number of quaternary nitrogens is 1. The van der Waals surface area contributed by atoms with E-state index in [0.717, 1.165) is 11.4 Å². The number of hydrogen-bond acceptors (Lipinski definition) is 3. The van der Waals surface area contributed by atoms with Crippen molar-refractivity contribution in [2.75, 3.05) is 7.05 Å². The number of primary amides is 1. The van der Waals surface area contributed by atoms with Crippen LogP contribution in [-0.4, -0.2) is 22.5 Å². The highest BCUT2D eigenvalue weighted by Gasteiger charge is 2.16. The van der Waals surface area contributed by atoms with Gasteiger partial charge in [0.1, 0.15) is 19.6 Å². The largest absolute Gasteiger partial charge is 0.368 e. The fourth-order valence-electron chi connectivity index (χ4n) is 3.70. The second-order valence-corrected chi connectivity index (χ2v) is 7.39. The van der Waals surface area contributed by atoms with Gasteiger partial charge in [-0.05, 0) is 29.0 Å². The second kappa shape index (κ2) is 7.85. The van der Waals surface area contributed by atoms with Crippen LogP contribution in [0.4, 0.5) is 0 Å². The number of benzene rings is 3. The quantitative estimate of drug-likeness (QED) is 0.522. The van der Waals surface area contributed by atoms with Crippen molar-refractivity contribution in [1.29, 1.82) is 0 Å². The Hall–Kier alpha value is -3.51. The number of carbonyl (C=O) groups excluding carboxylic acids is 1. The molecule has 1 atom stereocenters. The van der Waals surface area contributed by atoms with E-state index in [4.69, 9.17) is 5.73 Å². The molecule has 4 aromatic rings. The molecular formula is C23H23N4O2+. The number of nitrogens with two attached hydrogens (primary N) is 1. The molecule has 1 unspecified atom stereocenters. The van der Waals surface area contributed by atoms with Gasteiger partial charge in [0.05, 0.1) is 18.0 Å². The number of aromatic nitrogens is 2. The Bertz CT molecular complexity index is 1260. The summed E-state index contributed by atoms with van der Waals surface area (Å²) in [7, 11) is 2.05. The monoisotopic (exact) mass is 387 g/mol. The van der Waals surface area contributed by atoms with Gasteiger partial charge >= 0.3 is 0 Å². The molecule has 0 aliphatic heterocycles. The van der Waals surface area contributed by atoms with Crippen LogP contribution in [-0.2, 0) is 24.4 Å². The molecule has 3 N–H and O–H groups in total.